The lowest BCUT2D eigenvalue weighted by atomic mass is 10.3. The Morgan fingerprint density at radius 1 is 0.833 bits per heavy atom. The number of hydrogen-bond acceptors (Lipinski definition) is 7. The van der Waals surface area contributed by atoms with Gasteiger partial charge >= 0.3 is 0 Å². The molecule has 0 radical (unpaired) electrons. The van der Waals surface area contributed by atoms with Crippen molar-refractivity contribution in [3.8, 4) is 11.4 Å². The van der Waals surface area contributed by atoms with E-state index < -0.39 is 0 Å². The van der Waals surface area contributed by atoms with E-state index in [1.807, 2.05) is 101 Å². The Hall–Kier alpha value is -4.92. The maximum absolute atomic E-state index is 5.83. The number of ether oxygens (including phenoxy) is 1. The molecule has 0 amide bonds. The minimum Gasteiger partial charge on any atom is -0.492 e. The van der Waals surface area contributed by atoms with Gasteiger partial charge in [-0.05, 0) is 36.4 Å². The van der Waals surface area contributed by atoms with Crippen LogP contribution in [0.4, 0.5) is 17.7 Å². The van der Waals surface area contributed by atoms with Crippen LogP contribution in [0.5, 0.6) is 5.75 Å². The number of para-hydroxylation sites is 4. The molecule has 3 aromatic carbocycles. The minimum absolute atomic E-state index is 0.421. The van der Waals surface area contributed by atoms with E-state index in [1.165, 1.54) is 0 Å². The molecule has 178 valence electrons. The normalized spacial score (nSPS) is 11.1. The molecule has 0 aliphatic heterocycles. The first-order valence-electron chi connectivity index (χ1n) is 11.7. The molecule has 0 aliphatic rings. The first-order valence-corrected chi connectivity index (χ1v) is 11.7. The van der Waals surface area contributed by atoms with Crippen LogP contribution in [0.25, 0.3) is 27.9 Å². The quantitative estimate of drug-likeness (QED) is 0.301. The number of aromatic nitrogens is 6. The fraction of sp³-hybridized carbons (Fsp3) is 0.111. The molecule has 9 nitrogen and oxygen atoms in total. The number of imidazole rings is 2. The predicted octanol–water partition coefficient (Wildman–Crippen LogP) is 4.94. The summed E-state index contributed by atoms with van der Waals surface area (Å²) in [6, 6.07) is 27.7. The van der Waals surface area contributed by atoms with Gasteiger partial charge in [0.25, 0.3) is 0 Å². The monoisotopic (exact) mass is 476 g/mol. The van der Waals surface area contributed by atoms with Crippen LogP contribution in [0.2, 0.25) is 0 Å². The maximum Gasteiger partial charge on any atom is 0.233 e. The highest BCUT2D eigenvalue weighted by molar-refractivity contribution is 5.86. The second kappa shape index (κ2) is 9.38. The molecule has 0 fully saturated rings. The van der Waals surface area contributed by atoms with Crippen molar-refractivity contribution in [2.24, 2.45) is 7.05 Å². The van der Waals surface area contributed by atoms with E-state index in [1.54, 1.807) is 6.33 Å². The first kappa shape index (κ1) is 21.6. The summed E-state index contributed by atoms with van der Waals surface area (Å²) >= 11 is 0. The first-order chi connectivity index (χ1) is 17.8. The molecule has 0 atom stereocenters. The molecule has 9 heteroatoms. The number of aryl methyl sites for hydroxylation is 1. The summed E-state index contributed by atoms with van der Waals surface area (Å²) in [4.78, 5) is 18.9. The van der Waals surface area contributed by atoms with Crippen molar-refractivity contribution in [1.29, 1.82) is 0 Å². The van der Waals surface area contributed by atoms with E-state index in [-0.39, 0.29) is 0 Å². The van der Waals surface area contributed by atoms with Crippen LogP contribution in [0, 0.1) is 0 Å². The lowest BCUT2D eigenvalue weighted by Crippen LogP contribution is -2.14. The molecule has 0 saturated carbocycles. The van der Waals surface area contributed by atoms with Crippen molar-refractivity contribution in [1.82, 2.24) is 29.1 Å². The SMILES string of the molecule is Cn1c(Nc2nc(NCCOc3ccccc3)c3ncn(-c4ccccc4)c3n2)nc2ccccc21. The van der Waals surface area contributed by atoms with E-state index >= 15 is 0 Å². The smallest absolute Gasteiger partial charge is 0.233 e. The van der Waals surface area contributed by atoms with Crippen molar-refractivity contribution in [3.63, 3.8) is 0 Å². The average molecular weight is 477 g/mol. The summed E-state index contributed by atoms with van der Waals surface area (Å²) in [7, 11) is 1.96. The standard InChI is InChI=1S/C27H24N8O/c1-34-22-15-9-8-14-21(22)30-27(34)33-26-31-24(28-16-17-36-20-12-6-3-7-13-20)23-25(32-26)35(18-29-23)19-10-4-2-5-11-19/h2-15,18H,16-17H2,1H3,(H2,28,30,31,32,33). The number of anilines is 3. The molecule has 3 heterocycles. The van der Waals surface area contributed by atoms with Crippen LogP contribution >= 0.6 is 0 Å². The highest BCUT2D eigenvalue weighted by Crippen LogP contribution is 2.26. The van der Waals surface area contributed by atoms with Gasteiger partial charge < -0.3 is 14.6 Å². The number of rotatable bonds is 8. The van der Waals surface area contributed by atoms with E-state index in [0.717, 1.165) is 22.5 Å². The Morgan fingerprint density at radius 3 is 2.39 bits per heavy atom. The number of nitrogens with one attached hydrogen (secondary N) is 2. The third-order valence-corrected chi connectivity index (χ3v) is 5.85. The molecule has 2 N–H and O–H groups in total. The lowest BCUT2D eigenvalue weighted by molar-refractivity contribution is 0.333. The highest BCUT2D eigenvalue weighted by Gasteiger charge is 2.16. The molecular weight excluding hydrogens is 452 g/mol. The second-order valence-electron chi connectivity index (χ2n) is 8.21. The summed E-state index contributed by atoms with van der Waals surface area (Å²) in [6.45, 7) is 1.02. The average Bonchev–Trinajstić information content (AvgIpc) is 3.49. The van der Waals surface area contributed by atoms with Crippen LogP contribution in [0.1, 0.15) is 0 Å². The van der Waals surface area contributed by atoms with Gasteiger partial charge in [-0.3, -0.25) is 9.88 Å². The van der Waals surface area contributed by atoms with E-state index in [2.05, 4.69) is 15.6 Å². The van der Waals surface area contributed by atoms with Crippen molar-refractivity contribution in [3.05, 3.63) is 91.3 Å². The van der Waals surface area contributed by atoms with Crippen molar-refractivity contribution in [2.75, 3.05) is 23.8 Å². The van der Waals surface area contributed by atoms with E-state index in [0.29, 0.717) is 42.0 Å². The molecule has 0 saturated heterocycles. The number of nitrogens with zero attached hydrogens (tertiary/aromatic N) is 6. The largest absolute Gasteiger partial charge is 0.492 e. The topological polar surface area (TPSA) is 94.7 Å². The third-order valence-electron chi connectivity index (χ3n) is 5.85. The van der Waals surface area contributed by atoms with Crippen molar-refractivity contribution in [2.45, 2.75) is 0 Å². The molecule has 0 bridgehead atoms. The molecule has 3 aromatic heterocycles. The zero-order chi connectivity index (χ0) is 24.3. The second-order valence-corrected chi connectivity index (χ2v) is 8.21. The highest BCUT2D eigenvalue weighted by atomic mass is 16.5. The Labute approximate surface area is 207 Å². The summed E-state index contributed by atoms with van der Waals surface area (Å²) in [5.74, 6) is 2.52. The van der Waals surface area contributed by atoms with Gasteiger partial charge in [-0.15, -0.1) is 0 Å². The number of fused-ring (bicyclic) bond motifs is 2. The number of benzene rings is 3. The molecule has 6 rings (SSSR count). The fourth-order valence-electron chi connectivity index (χ4n) is 4.07. The summed E-state index contributed by atoms with van der Waals surface area (Å²) in [6.07, 6.45) is 1.76. The van der Waals surface area contributed by atoms with Gasteiger partial charge in [-0.2, -0.15) is 9.97 Å². The third kappa shape index (κ3) is 4.18. The van der Waals surface area contributed by atoms with Crippen LogP contribution in [-0.2, 0) is 7.05 Å². The van der Waals surface area contributed by atoms with Crippen LogP contribution in [0.3, 0.4) is 0 Å². The maximum atomic E-state index is 5.83. The van der Waals surface area contributed by atoms with Crippen LogP contribution < -0.4 is 15.4 Å². The summed E-state index contributed by atoms with van der Waals surface area (Å²) in [5.41, 5.74) is 4.24. The van der Waals surface area contributed by atoms with Gasteiger partial charge in [-0.1, -0.05) is 48.5 Å². The molecule has 0 unspecified atom stereocenters. The van der Waals surface area contributed by atoms with Gasteiger partial charge in [0.1, 0.15) is 18.7 Å². The molecule has 6 aromatic rings. The fourth-order valence-corrected chi connectivity index (χ4v) is 4.07. The van der Waals surface area contributed by atoms with E-state index in [4.69, 9.17) is 19.7 Å². The molecule has 36 heavy (non-hydrogen) atoms. The molecule has 0 spiro atoms. The van der Waals surface area contributed by atoms with Crippen molar-refractivity contribution < 1.29 is 4.74 Å². The molecular formula is C27H24N8O. The Morgan fingerprint density at radius 2 is 1.58 bits per heavy atom. The summed E-state index contributed by atoms with van der Waals surface area (Å²) in [5, 5.41) is 6.67. The Kier molecular flexibility index (Phi) is 5.63. The lowest BCUT2D eigenvalue weighted by Gasteiger charge is -2.11. The Balaban J connectivity index is 1.34. The van der Waals surface area contributed by atoms with Gasteiger partial charge in [0.2, 0.25) is 11.9 Å². The van der Waals surface area contributed by atoms with Crippen LogP contribution in [0.15, 0.2) is 91.3 Å². The van der Waals surface area contributed by atoms with Gasteiger partial charge in [-0.25, -0.2) is 9.97 Å². The van der Waals surface area contributed by atoms with Gasteiger partial charge in [0.05, 0.1) is 17.6 Å². The zero-order valence-corrected chi connectivity index (χ0v) is 19.7. The Bertz CT molecular complexity index is 1630. The minimum atomic E-state index is 0.421. The van der Waals surface area contributed by atoms with E-state index in [9.17, 15) is 0 Å². The zero-order valence-electron chi connectivity index (χ0n) is 19.7. The predicted molar refractivity (Wildman–Crippen MR) is 141 cm³/mol. The molecule has 0 aliphatic carbocycles. The van der Waals surface area contributed by atoms with Gasteiger partial charge in [0.15, 0.2) is 17.0 Å². The number of hydrogen-bond donors (Lipinski definition) is 2. The van der Waals surface area contributed by atoms with Gasteiger partial charge in [0, 0.05) is 12.7 Å². The van der Waals surface area contributed by atoms with Crippen LogP contribution in [-0.4, -0.2) is 42.2 Å². The van der Waals surface area contributed by atoms with Crippen molar-refractivity contribution >= 4 is 39.9 Å². The summed E-state index contributed by atoms with van der Waals surface area (Å²) < 4.78 is 9.76.